The van der Waals surface area contributed by atoms with Crippen LogP contribution in [0, 0.1) is 0 Å². The number of alkyl halides is 3. The van der Waals surface area contributed by atoms with Gasteiger partial charge in [-0.15, -0.1) is 0 Å². The van der Waals surface area contributed by atoms with Crippen LogP contribution in [-0.2, 0) is 20.5 Å². The number of carboxylic acid groups (broad SMARTS) is 1. The fourth-order valence-corrected chi connectivity index (χ4v) is 4.57. The second-order valence-electron chi connectivity index (χ2n) is 8.18. The van der Waals surface area contributed by atoms with E-state index >= 15 is 0 Å². The third kappa shape index (κ3) is 4.54. The van der Waals surface area contributed by atoms with Crippen molar-refractivity contribution in [1.29, 1.82) is 0 Å². The van der Waals surface area contributed by atoms with Crippen LogP contribution in [0.15, 0.2) is 72.8 Å². The maximum Gasteiger partial charge on any atom is 0.416 e. The van der Waals surface area contributed by atoms with E-state index in [-0.39, 0.29) is 12.5 Å². The Labute approximate surface area is 194 Å². The van der Waals surface area contributed by atoms with Gasteiger partial charge in [0.25, 0.3) is 0 Å². The van der Waals surface area contributed by atoms with Gasteiger partial charge in [0.15, 0.2) is 0 Å². The van der Waals surface area contributed by atoms with Crippen molar-refractivity contribution in [2.45, 2.75) is 30.5 Å². The zero-order valence-electron chi connectivity index (χ0n) is 18.0. The van der Waals surface area contributed by atoms with E-state index < -0.39 is 47.6 Å². The lowest BCUT2D eigenvalue weighted by Crippen LogP contribution is -2.38. The highest BCUT2D eigenvalue weighted by Gasteiger charge is 2.40. The first-order valence-electron chi connectivity index (χ1n) is 10.7. The van der Waals surface area contributed by atoms with Gasteiger partial charge in [0, 0.05) is 12.0 Å². The molecule has 3 N–H and O–H groups in total. The van der Waals surface area contributed by atoms with Gasteiger partial charge in [-0.3, -0.25) is 9.59 Å². The molecule has 1 aliphatic carbocycles. The van der Waals surface area contributed by atoms with Crippen molar-refractivity contribution >= 4 is 11.9 Å². The highest BCUT2D eigenvalue weighted by Crippen LogP contribution is 2.45. The zero-order chi connectivity index (χ0) is 24.5. The topological polar surface area (TPSA) is 89.6 Å². The second-order valence-corrected chi connectivity index (χ2v) is 8.18. The van der Waals surface area contributed by atoms with Gasteiger partial charge >= 0.3 is 18.1 Å². The summed E-state index contributed by atoms with van der Waals surface area (Å²) in [6, 6.07) is 18.4. The number of carbonyl (C=O) groups excluding carboxylic acids is 1. The van der Waals surface area contributed by atoms with Crippen LogP contribution in [-0.4, -0.2) is 29.7 Å². The lowest BCUT2D eigenvalue weighted by molar-refractivity contribution is -0.147. The van der Waals surface area contributed by atoms with Crippen molar-refractivity contribution in [3.63, 3.8) is 0 Å². The third-order valence-electron chi connectivity index (χ3n) is 6.05. The van der Waals surface area contributed by atoms with Crippen molar-refractivity contribution in [2.24, 2.45) is 5.73 Å². The third-order valence-corrected chi connectivity index (χ3v) is 6.05. The highest BCUT2D eigenvalue weighted by molar-refractivity contribution is 5.82. The van der Waals surface area contributed by atoms with Crippen molar-refractivity contribution in [3.05, 3.63) is 95.1 Å². The molecule has 34 heavy (non-hydrogen) atoms. The Kier molecular flexibility index (Phi) is 6.43. The van der Waals surface area contributed by atoms with E-state index in [9.17, 15) is 22.8 Å². The van der Waals surface area contributed by atoms with Crippen LogP contribution in [0.2, 0.25) is 0 Å². The molecule has 1 aliphatic rings. The van der Waals surface area contributed by atoms with Crippen molar-refractivity contribution in [2.75, 3.05) is 6.61 Å². The molecule has 0 aromatic heterocycles. The number of esters is 1. The Morgan fingerprint density at radius 3 is 2.00 bits per heavy atom. The molecule has 0 aliphatic heterocycles. The molecule has 0 heterocycles. The van der Waals surface area contributed by atoms with E-state index in [2.05, 4.69) is 0 Å². The summed E-state index contributed by atoms with van der Waals surface area (Å²) < 4.78 is 46.5. The molecule has 5 nitrogen and oxygen atoms in total. The molecule has 1 unspecified atom stereocenters. The normalized spacial score (nSPS) is 14.7. The summed E-state index contributed by atoms with van der Waals surface area (Å²) >= 11 is 0. The lowest BCUT2D eigenvalue weighted by atomic mass is 9.86. The first-order chi connectivity index (χ1) is 16.2. The van der Waals surface area contributed by atoms with Crippen LogP contribution in [0.3, 0.4) is 0 Å². The molecule has 2 atom stereocenters. The molecule has 0 spiro atoms. The van der Waals surface area contributed by atoms with Gasteiger partial charge in [0.1, 0.15) is 6.61 Å². The van der Waals surface area contributed by atoms with E-state index in [1.807, 2.05) is 48.5 Å². The summed E-state index contributed by atoms with van der Waals surface area (Å²) in [5, 5.41) is 9.16. The molecule has 0 amide bonds. The van der Waals surface area contributed by atoms with Gasteiger partial charge in [-0.25, -0.2) is 0 Å². The van der Waals surface area contributed by atoms with Crippen molar-refractivity contribution < 1.29 is 32.6 Å². The quantitative estimate of drug-likeness (QED) is 0.478. The standard InChI is InChI=1S/C26H22F3NO4/c27-26(28,29)21-12-6-5-11-19(21)24(22(30)13-23(31)32)25(33)34-14-20-17-9-3-1-7-15(17)16-8-2-4-10-18(16)20/h1-12,20,22,24H,13-14,30H2,(H,31,32)/t22-,24?/m1/s1. The van der Waals surface area contributed by atoms with E-state index in [1.54, 1.807) is 0 Å². The molecule has 8 heteroatoms. The number of benzene rings is 3. The van der Waals surface area contributed by atoms with Gasteiger partial charge in [0.2, 0.25) is 0 Å². The largest absolute Gasteiger partial charge is 0.481 e. The van der Waals surface area contributed by atoms with Gasteiger partial charge < -0.3 is 15.6 Å². The minimum Gasteiger partial charge on any atom is -0.481 e. The van der Waals surface area contributed by atoms with Gasteiger partial charge in [-0.1, -0.05) is 66.7 Å². The fourth-order valence-electron chi connectivity index (χ4n) is 4.57. The number of fused-ring (bicyclic) bond motifs is 3. The fraction of sp³-hybridized carbons (Fsp3) is 0.231. The second kappa shape index (κ2) is 9.30. The highest BCUT2D eigenvalue weighted by atomic mass is 19.4. The minimum atomic E-state index is -4.75. The molecule has 3 aromatic carbocycles. The van der Waals surface area contributed by atoms with E-state index in [1.165, 1.54) is 12.1 Å². The minimum absolute atomic E-state index is 0.114. The van der Waals surface area contributed by atoms with Crippen LogP contribution in [0.4, 0.5) is 13.2 Å². The molecule has 0 radical (unpaired) electrons. The summed E-state index contributed by atoms with van der Waals surface area (Å²) in [4.78, 5) is 24.4. The van der Waals surface area contributed by atoms with E-state index in [0.717, 1.165) is 34.4 Å². The number of halogens is 3. The number of rotatable bonds is 7. The SMILES string of the molecule is N[C@H](CC(=O)O)C(C(=O)OCC1c2ccccc2-c2ccccc21)c1ccccc1C(F)(F)F. The Balaban J connectivity index is 1.65. The maximum absolute atomic E-state index is 13.7. The van der Waals surface area contributed by atoms with Crippen molar-refractivity contribution in [3.8, 4) is 11.1 Å². The summed E-state index contributed by atoms with van der Waals surface area (Å²) in [6.07, 6.45) is -5.44. The Morgan fingerprint density at radius 1 is 0.912 bits per heavy atom. The molecular formula is C26H22F3NO4. The van der Waals surface area contributed by atoms with E-state index in [0.29, 0.717) is 0 Å². The van der Waals surface area contributed by atoms with Gasteiger partial charge in [-0.05, 0) is 33.9 Å². The van der Waals surface area contributed by atoms with Crippen LogP contribution in [0.5, 0.6) is 0 Å². The molecule has 0 bridgehead atoms. The summed E-state index contributed by atoms with van der Waals surface area (Å²) in [7, 11) is 0. The van der Waals surface area contributed by atoms with Gasteiger partial charge in [0.05, 0.1) is 17.9 Å². The zero-order valence-corrected chi connectivity index (χ0v) is 18.0. The number of carbonyl (C=O) groups is 2. The number of nitrogens with two attached hydrogens (primary N) is 1. The predicted octanol–water partition coefficient (Wildman–Crippen LogP) is 4.95. The molecule has 4 rings (SSSR count). The number of ether oxygens (including phenoxy) is 1. The van der Waals surface area contributed by atoms with E-state index in [4.69, 9.17) is 15.6 Å². The van der Waals surface area contributed by atoms with Crippen LogP contribution >= 0.6 is 0 Å². The molecule has 0 fully saturated rings. The van der Waals surface area contributed by atoms with Crippen LogP contribution < -0.4 is 5.73 Å². The Bertz CT molecular complexity index is 1180. The summed E-state index contributed by atoms with van der Waals surface area (Å²) in [5.74, 6) is -4.22. The van der Waals surface area contributed by atoms with Crippen molar-refractivity contribution in [1.82, 2.24) is 0 Å². The molecular weight excluding hydrogens is 447 g/mol. The average molecular weight is 469 g/mol. The number of carboxylic acids is 1. The first-order valence-corrected chi connectivity index (χ1v) is 10.7. The van der Waals surface area contributed by atoms with Crippen LogP contribution in [0.25, 0.3) is 11.1 Å². The average Bonchev–Trinajstić information content (AvgIpc) is 3.11. The number of hydrogen-bond acceptors (Lipinski definition) is 4. The number of hydrogen-bond donors (Lipinski definition) is 2. The summed E-state index contributed by atoms with van der Waals surface area (Å²) in [6.45, 7) is -0.114. The van der Waals surface area contributed by atoms with Gasteiger partial charge in [-0.2, -0.15) is 13.2 Å². The maximum atomic E-state index is 13.7. The molecule has 3 aromatic rings. The number of aliphatic carboxylic acids is 1. The first kappa shape index (κ1) is 23.5. The lowest BCUT2D eigenvalue weighted by Gasteiger charge is -2.25. The Hall–Kier alpha value is -3.65. The smallest absolute Gasteiger partial charge is 0.416 e. The Morgan fingerprint density at radius 2 is 1.44 bits per heavy atom. The molecule has 0 saturated carbocycles. The molecule has 0 saturated heterocycles. The predicted molar refractivity (Wildman–Crippen MR) is 119 cm³/mol. The monoisotopic (exact) mass is 469 g/mol. The molecule has 176 valence electrons. The summed E-state index contributed by atoms with van der Waals surface area (Å²) in [5.41, 5.74) is 8.39. The van der Waals surface area contributed by atoms with Crippen LogP contribution in [0.1, 0.15) is 40.5 Å².